The van der Waals surface area contributed by atoms with Gasteiger partial charge in [-0.15, -0.1) is 0 Å². The second-order valence-electron chi connectivity index (χ2n) is 8.01. The molecule has 1 unspecified atom stereocenters. The molecule has 4 heteroatoms. The van der Waals surface area contributed by atoms with Crippen molar-refractivity contribution in [2.45, 2.75) is 18.5 Å². The van der Waals surface area contributed by atoms with E-state index < -0.39 is 5.54 Å². The Morgan fingerprint density at radius 3 is 2.34 bits per heavy atom. The normalized spacial score (nSPS) is 22.6. The monoisotopic (exact) mass is 383 g/mol. The Morgan fingerprint density at radius 2 is 1.62 bits per heavy atom. The van der Waals surface area contributed by atoms with Crippen LogP contribution in [0, 0.1) is 0 Å². The fourth-order valence-corrected chi connectivity index (χ4v) is 4.90. The summed E-state index contributed by atoms with van der Waals surface area (Å²) in [5, 5.41) is 0. The van der Waals surface area contributed by atoms with Gasteiger partial charge in [0.05, 0.1) is 0 Å². The summed E-state index contributed by atoms with van der Waals surface area (Å²) < 4.78 is 0. The third kappa shape index (κ3) is 3.18. The van der Waals surface area contributed by atoms with Gasteiger partial charge in [-0.3, -0.25) is 19.6 Å². The number of rotatable bonds is 4. The Morgan fingerprint density at radius 1 is 0.862 bits per heavy atom. The van der Waals surface area contributed by atoms with E-state index in [1.807, 2.05) is 54.9 Å². The Kier molecular flexibility index (Phi) is 4.74. The summed E-state index contributed by atoms with van der Waals surface area (Å²) >= 11 is 0. The second-order valence-corrected chi connectivity index (χ2v) is 8.01. The highest BCUT2D eigenvalue weighted by Crippen LogP contribution is 2.42. The number of benzene rings is 2. The number of Topliss-reactive ketones (excluding diaryl/α,β-unsaturated/α-hetero) is 1. The van der Waals surface area contributed by atoms with Crippen LogP contribution in [0.2, 0.25) is 0 Å². The van der Waals surface area contributed by atoms with Crippen molar-refractivity contribution in [1.82, 2.24) is 14.8 Å². The summed E-state index contributed by atoms with van der Waals surface area (Å²) in [5.74, 6) is 0.250. The van der Waals surface area contributed by atoms with Gasteiger partial charge in [-0.2, -0.15) is 0 Å². The highest BCUT2D eigenvalue weighted by atomic mass is 16.1. The lowest BCUT2D eigenvalue weighted by atomic mass is 9.83. The lowest BCUT2D eigenvalue weighted by Crippen LogP contribution is -2.58. The maximum Gasteiger partial charge on any atom is 0.188 e. The highest BCUT2D eigenvalue weighted by molar-refractivity contribution is 6.08. The van der Waals surface area contributed by atoms with E-state index in [1.165, 1.54) is 11.1 Å². The topological polar surface area (TPSA) is 36.4 Å². The van der Waals surface area contributed by atoms with E-state index in [9.17, 15) is 4.79 Å². The number of hydrogen-bond donors (Lipinski definition) is 0. The Bertz CT molecular complexity index is 997. The second kappa shape index (κ2) is 7.54. The molecule has 0 N–H and O–H groups in total. The van der Waals surface area contributed by atoms with Crippen molar-refractivity contribution in [3.63, 3.8) is 0 Å². The van der Waals surface area contributed by atoms with Crippen molar-refractivity contribution in [3.8, 4) is 0 Å². The van der Waals surface area contributed by atoms with Crippen LogP contribution < -0.4 is 0 Å². The van der Waals surface area contributed by atoms with Crippen LogP contribution in [0.25, 0.3) is 0 Å². The zero-order valence-electron chi connectivity index (χ0n) is 16.5. The molecule has 0 radical (unpaired) electrons. The van der Waals surface area contributed by atoms with E-state index in [2.05, 4.69) is 39.0 Å². The molecule has 0 bridgehead atoms. The van der Waals surface area contributed by atoms with Crippen LogP contribution in [-0.2, 0) is 18.5 Å². The molecule has 2 heterocycles. The summed E-state index contributed by atoms with van der Waals surface area (Å²) in [6.45, 7) is 4.58. The number of pyridine rings is 1. The van der Waals surface area contributed by atoms with Gasteiger partial charge in [0.15, 0.2) is 5.78 Å². The molecule has 1 aliphatic carbocycles. The van der Waals surface area contributed by atoms with Crippen molar-refractivity contribution in [2.75, 3.05) is 26.2 Å². The van der Waals surface area contributed by atoms with Gasteiger partial charge in [-0.25, -0.2) is 0 Å². The van der Waals surface area contributed by atoms with Crippen LogP contribution in [0.5, 0.6) is 0 Å². The number of hydrogen-bond acceptors (Lipinski definition) is 4. The molecule has 29 heavy (non-hydrogen) atoms. The van der Waals surface area contributed by atoms with E-state index in [0.717, 1.165) is 50.3 Å². The van der Waals surface area contributed by atoms with Gasteiger partial charge >= 0.3 is 0 Å². The number of piperazine rings is 1. The van der Waals surface area contributed by atoms with Crippen LogP contribution in [0.3, 0.4) is 0 Å². The van der Waals surface area contributed by atoms with Gasteiger partial charge in [0, 0.05) is 57.1 Å². The lowest BCUT2D eigenvalue weighted by Gasteiger charge is -2.45. The Hall–Kier alpha value is -2.82. The predicted molar refractivity (Wildman–Crippen MR) is 114 cm³/mol. The van der Waals surface area contributed by atoms with Crippen molar-refractivity contribution < 1.29 is 4.79 Å². The average molecular weight is 383 g/mol. The molecule has 1 atom stereocenters. The average Bonchev–Trinajstić information content (AvgIpc) is 3.09. The van der Waals surface area contributed by atoms with Crippen LogP contribution in [0.15, 0.2) is 79.1 Å². The molecule has 0 amide bonds. The standard InChI is InChI=1S/C25H25N3O/c29-24-23-11-5-4-8-21(23)17-25(24,22-9-2-1-3-10-22)28-15-13-27(14-16-28)19-20-7-6-12-26-18-20/h1-12,18H,13-17,19H2. The maximum absolute atomic E-state index is 13.7. The summed E-state index contributed by atoms with van der Waals surface area (Å²) in [7, 11) is 0. The van der Waals surface area contributed by atoms with E-state index in [-0.39, 0.29) is 5.78 Å². The van der Waals surface area contributed by atoms with Crippen molar-refractivity contribution in [3.05, 3.63) is 101 Å². The molecule has 146 valence electrons. The summed E-state index contributed by atoms with van der Waals surface area (Å²) in [5.41, 5.74) is 3.82. The van der Waals surface area contributed by atoms with E-state index >= 15 is 0 Å². The van der Waals surface area contributed by atoms with Crippen LogP contribution in [-0.4, -0.2) is 46.7 Å². The molecule has 1 fully saturated rings. The van der Waals surface area contributed by atoms with Crippen molar-refractivity contribution in [2.24, 2.45) is 0 Å². The first-order valence-corrected chi connectivity index (χ1v) is 10.3. The molecule has 2 aromatic carbocycles. The van der Waals surface area contributed by atoms with Gasteiger partial charge < -0.3 is 0 Å². The molecule has 3 aromatic rings. The van der Waals surface area contributed by atoms with E-state index in [1.54, 1.807) is 0 Å². The lowest BCUT2D eigenvalue weighted by molar-refractivity contribution is 0.0288. The molecule has 5 rings (SSSR count). The van der Waals surface area contributed by atoms with Crippen LogP contribution in [0.4, 0.5) is 0 Å². The number of nitrogens with zero attached hydrogens (tertiary/aromatic N) is 3. The van der Waals surface area contributed by atoms with Crippen LogP contribution >= 0.6 is 0 Å². The molecule has 1 saturated heterocycles. The fourth-order valence-electron chi connectivity index (χ4n) is 4.90. The Balaban J connectivity index is 1.42. The van der Waals surface area contributed by atoms with E-state index in [4.69, 9.17) is 0 Å². The zero-order valence-corrected chi connectivity index (χ0v) is 16.5. The molecular formula is C25H25N3O. The highest BCUT2D eigenvalue weighted by Gasteiger charge is 2.51. The molecular weight excluding hydrogens is 358 g/mol. The third-order valence-electron chi connectivity index (χ3n) is 6.38. The number of carbonyl (C=O) groups excluding carboxylic acids is 1. The van der Waals surface area contributed by atoms with Crippen LogP contribution in [0.1, 0.15) is 27.0 Å². The summed E-state index contributed by atoms with van der Waals surface area (Å²) in [6, 6.07) is 22.6. The van der Waals surface area contributed by atoms with Gasteiger partial charge in [-0.1, -0.05) is 60.7 Å². The third-order valence-corrected chi connectivity index (χ3v) is 6.38. The molecule has 1 aromatic heterocycles. The quantitative estimate of drug-likeness (QED) is 0.691. The van der Waals surface area contributed by atoms with Gasteiger partial charge in [0.25, 0.3) is 0 Å². The van der Waals surface area contributed by atoms with Gasteiger partial charge in [0.2, 0.25) is 0 Å². The first kappa shape index (κ1) is 18.2. The molecule has 1 aliphatic heterocycles. The first-order valence-electron chi connectivity index (χ1n) is 10.3. The van der Waals surface area contributed by atoms with Crippen molar-refractivity contribution in [1.29, 1.82) is 0 Å². The smallest absolute Gasteiger partial charge is 0.188 e. The first-order chi connectivity index (χ1) is 14.3. The SMILES string of the molecule is O=C1c2ccccc2CC1(c1ccccc1)N1CCN(Cc2cccnc2)CC1. The molecule has 0 spiro atoms. The minimum atomic E-state index is -0.578. The summed E-state index contributed by atoms with van der Waals surface area (Å²) in [6.07, 6.45) is 4.51. The molecule has 0 saturated carbocycles. The zero-order chi connectivity index (χ0) is 19.7. The number of fused-ring (bicyclic) bond motifs is 1. The van der Waals surface area contributed by atoms with Crippen molar-refractivity contribution >= 4 is 5.78 Å². The number of ketones is 1. The van der Waals surface area contributed by atoms with E-state index in [0.29, 0.717) is 0 Å². The fraction of sp³-hybridized carbons (Fsp3) is 0.280. The number of aromatic nitrogens is 1. The summed E-state index contributed by atoms with van der Waals surface area (Å²) in [4.78, 5) is 22.8. The molecule has 2 aliphatic rings. The minimum absolute atomic E-state index is 0.250. The van der Waals surface area contributed by atoms with Gasteiger partial charge in [-0.05, 0) is 22.8 Å². The Labute approximate surface area is 171 Å². The number of carbonyl (C=O) groups is 1. The predicted octanol–water partition coefficient (Wildman–Crippen LogP) is 3.53. The maximum atomic E-state index is 13.7. The minimum Gasteiger partial charge on any atom is -0.296 e. The molecule has 4 nitrogen and oxygen atoms in total. The largest absolute Gasteiger partial charge is 0.296 e. The van der Waals surface area contributed by atoms with Gasteiger partial charge in [0.1, 0.15) is 5.54 Å².